The number of nitrogens with one attached hydrogen (secondary N) is 1. The summed E-state index contributed by atoms with van der Waals surface area (Å²) in [5.41, 5.74) is 1.71. The number of rotatable bonds is 6. The van der Waals surface area contributed by atoms with Gasteiger partial charge in [0.05, 0.1) is 17.6 Å². The van der Waals surface area contributed by atoms with E-state index in [-0.39, 0.29) is 16.4 Å². The van der Waals surface area contributed by atoms with Gasteiger partial charge in [0.2, 0.25) is 0 Å². The number of carbonyl (C=O) groups is 1. The third-order valence-electron chi connectivity index (χ3n) is 4.24. The molecule has 0 atom stereocenters. The van der Waals surface area contributed by atoms with Gasteiger partial charge in [0.1, 0.15) is 0 Å². The van der Waals surface area contributed by atoms with E-state index in [0.717, 1.165) is 0 Å². The summed E-state index contributed by atoms with van der Waals surface area (Å²) in [5.74, 6) is 0.504. The van der Waals surface area contributed by atoms with E-state index in [0.29, 0.717) is 28.5 Å². The second-order valence-electron chi connectivity index (χ2n) is 6.77. The van der Waals surface area contributed by atoms with Crippen molar-refractivity contribution < 1.29 is 22.5 Å². The van der Waals surface area contributed by atoms with Crippen LogP contribution in [-0.2, 0) is 14.8 Å². The first-order valence-electron chi connectivity index (χ1n) is 8.87. The summed E-state index contributed by atoms with van der Waals surface area (Å²) in [6.07, 6.45) is 0. The van der Waals surface area contributed by atoms with Gasteiger partial charge in [-0.3, -0.25) is 4.72 Å². The molecule has 0 amide bonds. The van der Waals surface area contributed by atoms with Gasteiger partial charge in [-0.05, 0) is 48.9 Å². The van der Waals surface area contributed by atoms with E-state index in [9.17, 15) is 13.2 Å². The molecule has 29 heavy (non-hydrogen) atoms. The minimum absolute atomic E-state index is 0.00273. The maximum absolute atomic E-state index is 12.8. The van der Waals surface area contributed by atoms with Gasteiger partial charge in [0.15, 0.2) is 5.82 Å². The summed E-state index contributed by atoms with van der Waals surface area (Å²) in [6.45, 7) is 5.58. The summed E-state index contributed by atoms with van der Waals surface area (Å²) in [7, 11) is -2.66. The van der Waals surface area contributed by atoms with Crippen LogP contribution in [0.5, 0.6) is 0 Å². The van der Waals surface area contributed by atoms with E-state index in [1.807, 2.05) is 13.8 Å². The van der Waals surface area contributed by atoms with E-state index in [1.165, 1.54) is 19.2 Å². The van der Waals surface area contributed by atoms with Crippen LogP contribution < -0.4 is 4.72 Å². The van der Waals surface area contributed by atoms with Gasteiger partial charge in [0.25, 0.3) is 15.9 Å². The highest BCUT2D eigenvalue weighted by Crippen LogP contribution is 2.24. The monoisotopic (exact) mass is 415 g/mol. The number of aromatic nitrogens is 2. The smallest absolute Gasteiger partial charge is 0.337 e. The van der Waals surface area contributed by atoms with Crippen molar-refractivity contribution in [1.29, 1.82) is 0 Å². The first-order chi connectivity index (χ1) is 13.7. The molecule has 0 fully saturated rings. The van der Waals surface area contributed by atoms with Crippen molar-refractivity contribution in [2.45, 2.75) is 31.6 Å². The molecule has 9 heteroatoms. The summed E-state index contributed by atoms with van der Waals surface area (Å²) in [6, 6.07) is 11.0. The molecule has 1 N–H and O–H groups in total. The van der Waals surface area contributed by atoms with Crippen LogP contribution >= 0.6 is 0 Å². The van der Waals surface area contributed by atoms with Crippen molar-refractivity contribution in [3.63, 3.8) is 0 Å². The molecular formula is C20H21N3O5S. The molecule has 3 aromatic rings. The van der Waals surface area contributed by atoms with Crippen molar-refractivity contribution in [2.24, 2.45) is 0 Å². The molecular weight excluding hydrogens is 394 g/mol. The standard InChI is InChI=1S/C20H21N3O5S/c1-12(2)18-21-19(28-22-18)14-7-9-16(10-8-14)23-29(25,26)17-11-15(20(24)27-4)6-5-13(17)3/h5-12,23H,1-4H3. The van der Waals surface area contributed by atoms with Gasteiger partial charge in [-0.2, -0.15) is 4.98 Å². The molecule has 2 aromatic carbocycles. The Morgan fingerprint density at radius 2 is 1.83 bits per heavy atom. The Balaban J connectivity index is 1.84. The molecule has 8 nitrogen and oxygen atoms in total. The predicted octanol–water partition coefficient (Wildman–Crippen LogP) is 3.76. The predicted molar refractivity (Wildman–Crippen MR) is 107 cm³/mol. The quantitative estimate of drug-likeness (QED) is 0.610. The lowest BCUT2D eigenvalue weighted by Crippen LogP contribution is -2.15. The van der Waals surface area contributed by atoms with Gasteiger partial charge in [0, 0.05) is 17.2 Å². The van der Waals surface area contributed by atoms with Crippen LogP contribution in [0, 0.1) is 6.92 Å². The number of sulfonamides is 1. The van der Waals surface area contributed by atoms with Gasteiger partial charge >= 0.3 is 5.97 Å². The fourth-order valence-electron chi connectivity index (χ4n) is 2.61. The second kappa shape index (κ2) is 8.04. The zero-order valence-electron chi connectivity index (χ0n) is 16.5. The van der Waals surface area contributed by atoms with Crippen molar-refractivity contribution in [1.82, 2.24) is 10.1 Å². The largest absolute Gasteiger partial charge is 0.465 e. The van der Waals surface area contributed by atoms with Crippen LogP contribution in [0.15, 0.2) is 51.9 Å². The number of benzene rings is 2. The Morgan fingerprint density at radius 3 is 2.41 bits per heavy atom. The first-order valence-corrected chi connectivity index (χ1v) is 10.4. The highest BCUT2D eigenvalue weighted by molar-refractivity contribution is 7.92. The van der Waals surface area contributed by atoms with Crippen LogP contribution in [0.4, 0.5) is 5.69 Å². The van der Waals surface area contributed by atoms with Crippen molar-refractivity contribution >= 4 is 21.7 Å². The van der Waals surface area contributed by atoms with Gasteiger partial charge in [-0.15, -0.1) is 0 Å². The topological polar surface area (TPSA) is 111 Å². The van der Waals surface area contributed by atoms with Crippen LogP contribution in [0.3, 0.4) is 0 Å². The van der Waals surface area contributed by atoms with Crippen molar-refractivity contribution in [3.05, 3.63) is 59.4 Å². The Morgan fingerprint density at radius 1 is 1.14 bits per heavy atom. The number of carbonyl (C=O) groups excluding carboxylic acids is 1. The van der Waals surface area contributed by atoms with Gasteiger partial charge in [-0.25, -0.2) is 13.2 Å². The molecule has 0 aliphatic heterocycles. The van der Waals surface area contributed by atoms with E-state index in [2.05, 4.69) is 19.6 Å². The Hall–Kier alpha value is -3.20. The SMILES string of the molecule is COC(=O)c1ccc(C)c(S(=O)(=O)Nc2ccc(-c3nc(C(C)C)no3)cc2)c1. The number of hydrogen-bond donors (Lipinski definition) is 1. The maximum atomic E-state index is 12.8. The average Bonchev–Trinajstić information content (AvgIpc) is 3.18. The molecule has 1 heterocycles. The fraction of sp³-hybridized carbons (Fsp3) is 0.250. The summed E-state index contributed by atoms with van der Waals surface area (Å²) in [4.78, 5) is 16.0. The number of esters is 1. The van der Waals surface area contributed by atoms with E-state index >= 15 is 0 Å². The zero-order chi connectivity index (χ0) is 21.2. The minimum Gasteiger partial charge on any atom is -0.465 e. The number of ether oxygens (including phenoxy) is 1. The highest BCUT2D eigenvalue weighted by atomic mass is 32.2. The number of nitrogens with zero attached hydrogens (tertiary/aromatic N) is 2. The second-order valence-corrected chi connectivity index (χ2v) is 8.42. The van der Waals surface area contributed by atoms with E-state index in [1.54, 1.807) is 37.3 Å². The number of hydrogen-bond acceptors (Lipinski definition) is 7. The van der Waals surface area contributed by atoms with Crippen LogP contribution in [-0.4, -0.2) is 31.6 Å². The van der Waals surface area contributed by atoms with Crippen molar-refractivity contribution in [2.75, 3.05) is 11.8 Å². The third-order valence-corrected chi connectivity index (χ3v) is 5.76. The Labute approximate surface area is 169 Å². The van der Waals surface area contributed by atoms with Crippen molar-refractivity contribution in [3.8, 4) is 11.5 Å². The Kier molecular flexibility index (Phi) is 5.69. The van der Waals surface area contributed by atoms with Crippen LogP contribution in [0.2, 0.25) is 0 Å². The molecule has 0 aliphatic carbocycles. The van der Waals surface area contributed by atoms with Gasteiger partial charge < -0.3 is 9.26 Å². The highest BCUT2D eigenvalue weighted by Gasteiger charge is 2.20. The zero-order valence-corrected chi connectivity index (χ0v) is 17.3. The van der Waals surface area contributed by atoms with E-state index in [4.69, 9.17) is 4.52 Å². The lowest BCUT2D eigenvalue weighted by molar-refractivity contribution is 0.0600. The Bertz CT molecular complexity index is 1140. The van der Waals surface area contributed by atoms with Crippen LogP contribution in [0.1, 0.15) is 41.5 Å². The molecule has 0 spiro atoms. The number of anilines is 1. The molecule has 0 saturated carbocycles. The summed E-state index contributed by atoms with van der Waals surface area (Å²) in [5, 5.41) is 3.92. The molecule has 152 valence electrons. The van der Waals surface area contributed by atoms with Gasteiger partial charge in [-0.1, -0.05) is 25.1 Å². The minimum atomic E-state index is -3.90. The molecule has 0 radical (unpaired) electrons. The molecule has 3 rings (SSSR count). The lowest BCUT2D eigenvalue weighted by Gasteiger charge is -2.12. The summed E-state index contributed by atoms with van der Waals surface area (Å²) >= 11 is 0. The normalized spacial score (nSPS) is 11.5. The summed E-state index contributed by atoms with van der Waals surface area (Å²) < 4.78 is 38.0. The number of aryl methyl sites for hydroxylation is 1. The molecule has 1 aromatic heterocycles. The molecule has 0 bridgehead atoms. The fourth-order valence-corrected chi connectivity index (χ4v) is 3.94. The lowest BCUT2D eigenvalue weighted by atomic mass is 10.1. The average molecular weight is 415 g/mol. The van der Waals surface area contributed by atoms with E-state index < -0.39 is 16.0 Å². The molecule has 0 aliphatic rings. The molecule has 0 unspecified atom stereocenters. The molecule has 0 saturated heterocycles. The third kappa shape index (κ3) is 4.45. The number of methoxy groups -OCH3 is 1. The van der Waals surface area contributed by atoms with Crippen LogP contribution in [0.25, 0.3) is 11.5 Å². The maximum Gasteiger partial charge on any atom is 0.337 e. The first kappa shape index (κ1) is 20.5.